The highest BCUT2D eigenvalue weighted by molar-refractivity contribution is 5.88. The Kier molecular flexibility index (Phi) is 1.98. The number of carbonyl (C=O) groups is 1. The van der Waals surface area contributed by atoms with Gasteiger partial charge in [0.15, 0.2) is 5.78 Å². The van der Waals surface area contributed by atoms with Gasteiger partial charge in [0.1, 0.15) is 6.61 Å². The largest absolute Gasteiger partial charge is 0.368 e. The van der Waals surface area contributed by atoms with Crippen molar-refractivity contribution < 1.29 is 9.53 Å². The number of ether oxygens (including phenoxy) is 1. The van der Waals surface area contributed by atoms with Gasteiger partial charge in [-0.25, -0.2) is 0 Å². The van der Waals surface area contributed by atoms with Crippen molar-refractivity contribution in [3.05, 3.63) is 12.7 Å². The lowest BCUT2D eigenvalue weighted by Gasteiger charge is -2.13. The number of nitrogens with one attached hydrogen (secondary N) is 1. The van der Waals surface area contributed by atoms with Crippen LogP contribution in [0.4, 0.5) is 0 Å². The van der Waals surface area contributed by atoms with E-state index in [1.54, 1.807) is 0 Å². The molecule has 2 rings (SSSR count). The lowest BCUT2D eigenvalue weighted by Crippen LogP contribution is -2.33. The predicted molar refractivity (Wildman–Crippen MR) is 44.8 cm³/mol. The van der Waals surface area contributed by atoms with Crippen LogP contribution in [0, 0.1) is 5.92 Å². The maximum absolute atomic E-state index is 11.2. The van der Waals surface area contributed by atoms with Gasteiger partial charge in [-0.1, -0.05) is 6.08 Å². The summed E-state index contributed by atoms with van der Waals surface area (Å²) in [7, 11) is 0. The normalized spacial score (nSPS) is 40.0. The number of Topliss-reactive ketones (excluding diaryl/α,β-unsaturated/α-hetero) is 1. The molecule has 0 aromatic carbocycles. The Morgan fingerprint density at radius 2 is 2.58 bits per heavy atom. The Morgan fingerprint density at radius 3 is 3.33 bits per heavy atom. The van der Waals surface area contributed by atoms with Crippen molar-refractivity contribution in [1.82, 2.24) is 5.32 Å². The quantitative estimate of drug-likeness (QED) is 0.594. The number of rotatable bonds is 2. The van der Waals surface area contributed by atoms with Crippen LogP contribution in [0.15, 0.2) is 12.7 Å². The van der Waals surface area contributed by atoms with E-state index in [0.29, 0.717) is 5.92 Å². The average molecular weight is 167 g/mol. The minimum atomic E-state index is -0.0325. The number of allylic oxidation sites excluding steroid dienone is 1. The third-order valence-electron chi connectivity index (χ3n) is 2.63. The van der Waals surface area contributed by atoms with Crippen LogP contribution in [-0.4, -0.2) is 31.1 Å². The van der Waals surface area contributed by atoms with Gasteiger partial charge in [0.05, 0.1) is 12.1 Å². The Labute approximate surface area is 71.8 Å². The van der Waals surface area contributed by atoms with Crippen molar-refractivity contribution in [2.45, 2.75) is 18.6 Å². The smallest absolute Gasteiger partial charge is 0.177 e. The van der Waals surface area contributed by atoms with Crippen LogP contribution in [0.2, 0.25) is 0 Å². The molecule has 0 aliphatic carbocycles. The molecule has 0 saturated carbocycles. The Bertz CT molecular complexity index is 215. The Balaban J connectivity index is 2.05. The van der Waals surface area contributed by atoms with E-state index >= 15 is 0 Å². The summed E-state index contributed by atoms with van der Waals surface area (Å²) in [6.07, 6.45) is 2.93. The van der Waals surface area contributed by atoms with Crippen LogP contribution >= 0.6 is 0 Å². The molecule has 0 radical (unpaired) electrons. The van der Waals surface area contributed by atoms with Crippen LogP contribution < -0.4 is 5.32 Å². The molecule has 0 aromatic heterocycles. The van der Waals surface area contributed by atoms with Gasteiger partial charge in [-0.3, -0.25) is 4.79 Å². The second-order valence-corrected chi connectivity index (χ2v) is 3.41. The first-order valence-corrected chi connectivity index (χ1v) is 4.31. The Hall–Kier alpha value is -0.670. The van der Waals surface area contributed by atoms with E-state index in [0.717, 1.165) is 13.0 Å². The molecule has 3 nitrogen and oxygen atoms in total. The van der Waals surface area contributed by atoms with E-state index in [4.69, 9.17) is 4.74 Å². The number of hydrogen-bond donors (Lipinski definition) is 1. The molecule has 12 heavy (non-hydrogen) atoms. The summed E-state index contributed by atoms with van der Waals surface area (Å²) in [5.74, 6) is 0.644. The highest BCUT2D eigenvalue weighted by atomic mass is 16.5. The van der Waals surface area contributed by atoms with Gasteiger partial charge < -0.3 is 10.1 Å². The zero-order valence-electron chi connectivity index (χ0n) is 6.95. The van der Waals surface area contributed by atoms with E-state index in [1.807, 2.05) is 6.08 Å². The summed E-state index contributed by atoms with van der Waals surface area (Å²) < 4.78 is 5.39. The molecule has 0 amide bonds. The van der Waals surface area contributed by atoms with Crippen molar-refractivity contribution >= 4 is 5.78 Å². The molecular formula is C9H13NO2. The van der Waals surface area contributed by atoms with Crippen molar-refractivity contribution in [3.8, 4) is 0 Å². The van der Waals surface area contributed by atoms with Crippen LogP contribution in [0.1, 0.15) is 6.42 Å². The van der Waals surface area contributed by atoms with Crippen LogP contribution in [-0.2, 0) is 9.53 Å². The van der Waals surface area contributed by atoms with Crippen molar-refractivity contribution in [1.29, 1.82) is 0 Å². The fourth-order valence-corrected chi connectivity index (χ4v) is 2.01. The number of ketones is 1. The minimum Gasteiger partial charge on any atom is -0.368 e. The molecule has 3 unspecified atom stereocenters. The molecule has 3 atom stereocenters. The molecular weight excluding hydrogens is 154 g/mol. The first-order valence-electron chi connectivity index (χ1n) is 4.31. The lowest BCUT2D eigenvalue weighted by atomic mass is 9.98. The fraction of sp³-hybridized carbons (Fsp3) is 0.667. The van der Waals surface area contributed by atoms with E-state index in [1.165, 1.54) is 0 Å². The lowest BCUT2D eigenvalue weighted by molar-refractivity contribution is -0.119. The van der Waals surface area contributed by atoms with Gasteiger partial charge in [0.25, 0.3) is 0 Å². The summed E-state index contributed by atoms with van der Waals surface area (Å²) >= 11 is 0. The highest BCUT2D eigenvalue weighted by Crippen LogP contribution is 2.26. The molecule has 2 fully saturated rings. The molecule has 2 saturated heterocycles. The second-order valence-electron chi connectivity index (χ2n) is 3.41. The zero-order valence-corrected chi connectivity index (χ0v) is 6.95. The van der Waals surface area contributed by atoms with Gasteiger partial charge in [0.2, 0.25) is 0 Å². The molecule has 2 heterocycles. The molecule has 0 spiro atoms. The summed E-state index contributed by atoms with van der Waals surface area (Å²) in [6, 6.07) is -0.0325. The van der Waals surface area contributed by atoms with Crippen molar-refractivity contribution in [2.24, 2.45) is 5.92 Å². The third-order valence-corrected chi connectivity index (χ3v) is 2.63. The molecule has 2 aliphatic rings. The number of hydrogen-bond acceptors (Lipinski definition) is 3. The van der Waals surface area contributed by atoms with E-state index in [2.05, 4.69) is 11.9 Å². The van der Waals surface area contributed by atoms with Gasteiger partial charge in [-0.2, -0.15) is 0 Å². The van der Waals surface area contributed by atoms with Crippen molar-refractivity contribution in [2.75, 3.05) is 13.2 Å². The van der Waals surface area contributed by atoms with Gasteiger partial charge >= 0.3 is 0 Å². The predicted octanol–water partition coefficient (Wildman–Crippen LogP) is 0.118. The number of carbonyl (C=O) groups excluding carboxylic acids is 1. The first-order chi connectivity index (χ1) is 5.83. The molecule has 0 bridgehead atoms. The topological polar surface area (TPSA) is 38.3 Å². The summed E-state index contributed by atoms with van der Waals surface area (Å²) in [4.78, 5) is 11.2. The maximum Gasteiger partial charge on any atom is 0.177 e. The molecule has 0 aromatic rings. The molecule has 2 aliphatic heterocycles. The standard InChI is InChI=1S/C9H13NO2/c1-2-3-6-4-10-8-7(11)5-12-9(6)8/h2,6,8-10H,1,3-5H2. The van der Waals surface area contributed by atoms with Crippen LogP contribution in [0.3, 0.4) is 0 Å². The van der Waals surface area contributed by atoms with E-state index in [-0.39, 0.29) is 24.5 Å². The van der Waals surface area contributed by atoms with Crippen LogP contribution in [0.5, 0.6) is 0 Å². The van der Waals surface area contributed by atoms with Gasteiger partial charge in [0, 0.05) is 12.5 Å². The SMILES string of the molecule is C=CCC1CNC2C(=O)COC12. The van der Waals surface area contributed by atoms with E-state index in [9.17, 15) is 4.79 Å². The number of fused-ring (bicyclic) bond motifs is 1. The van der Waals surface area contributed by atoms with Gasteiger partial charge in [-0.15, -0.1) is 6.58 Å². The zero-order chi connectivity index (χ0) is 8.55. The summed E-state index contributed by atoms with van der Waals surface area (Å²) in [6.45, 7) is 4.86. The third kappa shape index (κ3) is 1.09. The molecule has 3 heteroatoms. The molecule has 1 N–H and O–H groups in total. The Morgan fingerprint density at radius 1 is 1.75 bits per heavy atom. The summed E-state index contributed by atoms with van der Waals surface area (Å²) in [5, 5.41) is 3.18. The minimum absolute atomic E-state index is 0.0325. The highest BCUT2D eigenvalue weighted by Gasteiger charge is 2.44. The first kappa shape index (κ1) is 7.95. The van der Waals surface area contributed by atoms with Crippen LogP contribution in [0.25, 0.3) is 0 Å². The average Bonchev–Trinajstić information content (AvgIpc) is 2.58. The van der Waals surface area contributed by atoms with E-state index < -0.39 is 0 Å². The van der Waals surface area contributed by atoms with Gasteiger partial charge in [-0.05, 0) is 6.42 Å². The second kappa shape index (κ2) is 2.99. The fourth-order valence-electron chi connectivity index (χ4n) is 2.01. The summed E-state index contributed by atoms with van der Waals surface area (Å²) in [5.41, 5.74) is 0. The molecule has 66 valence electrons. The monoisotopic (exact) mass is 167 g/mol. The van der Waals surface area contributed by atoms with Crippen molar-refractivity contribution in [3.63, 3.8) is 0 Å². The maximum atomic E-state index is 11.2.